The van der Waals surface area contributed by atoms with E-state index in [2.05, 4.69) is 9.47 Å². The summed E-state index contributed by atoms with van der Waals surface area (Å²) in [4.78, 5) is 45.4. The molecule has 0 heterocycles. The molecule has 150 valence electrons. The van der Waals surface area contributed by atoms with Crippen LogP contribution in [0.2, 0.25) is 0 Å². The van der Waals surface area contributed by atoms with E-state index >= 15 is 0 Å². The molecule has 0 fully saturated rings. The summed E-state index contributed by atoms with van der Waals surface area (Å²) in [6.07, 6.45) is -9.42. The molecule has 9 nitrogen and oxygen atoms in total. The number of ether oxygens (including phenoxy) is 3. The number of rotatable bonds is 7. The van der Waals surface area contributed by atoms with E-state index in [0.29, 0.717) is 0 Å². The van der Waals surface area contributed by atoms with Crippen LogP contribution in [0.4, 0.5) is 18.0 Å². The van der Waals surface area contributed by atoms with Gasteiger partial charge in [0.05, 0.1) is 6.61 Å². The summed E-state index contributed by atoms with van der Waals surface area (Å²) in [5.41, 5.74) is -0.879. The second-order valence-electron chi connectivity index (χ2n) is 5.79. The normalized spacial score (nSPS) is 12.6. The Hall–Kier alpha value is -2.53. The number of alkyl carbamates (subject to hydrolysis) is 1. The lowest BCUT2D eigenvalue weighted by atomic mass is 10.2. The molecule has 0 saturated carbocycles. The maximum absolute atomic E-state index is 12.9. The zero-order chi connectivity index (χ0) is 20.5. The molecular formula is C14H21F3N2O7. The second kappa shape index (κ2) is 9.82. The second-order valence-corrected chi connectivity index (χ2v) is 5.79. The van der Waals surface area contributed by atoms with Crippen molar-refractivity contribution >= 4 is 23.9 Å². The van der Waals surface area contributed by atoms with Gasteiger partial charge in [-0.2, -0.15) is 13.2 Å². The molecule has 0 radical (unpaired) electrons. The summed E-state index contributed by atoms with van der Waals surface area (Å²) >= 11 is 0. The number of hydrogen-bond donors (Lipinski definition) is 2. The number of carbonyl (C=O) groups excluding carboxylic acids is 4. The molecule has 1 unspecified atom stereocenters. The smallest absolute Gasteiger partial charge is 0.434 e. The summed E-state index contributed by atoms with van der Waals surface area (Å²) in [5.74, 6) is -4.24. The zero-order valence-electron chi connectivity index (χ0n) is 14.7. The Morgan fingerprint density at radius 2 is 1.50 bits per heavy atom. The van der Waals surface area contributed by atoms with Crippen LogP contribution < -0.4 is 10.6 Å². The van der Waals surface area contributed by atoms with Crippen molar-refractivity contribution in [3.05, 3.63) is 0 Å². The standard InChI is InChI=1S/C14H21F3N2O7/c1-5-24-8(20)6-18-11(22)10(14(15,16)17)25-9(21)7-19-12(23)26-13(2,3)4/h10H,5-7H2,1-4H3,(H,18,22)(H,19,23). The van der Waals surface area contributed by atoms with Gasteiger partial charge in [0.25, 0.3) is 12.0 Å². The van der Waals surface area contributed by atoms with E-state index in [1.807, 2.05) is 5.32 Å². The predicted octanol–water partition coefficient (Wildman–Crippen LogP) is 0.664. The molecule has 0 rings (SSSR count). The van der Waals surface area contributed by atoms with Crippen molar-refractivity contribution in [1.82, 2.24) is 10.6 Å². The molecule has 2 N–H and O–H groups in total. The molecule has 1 atom stereocenters. The number of esters is 2. The molecule has 0 aliphatic heterocycles. The van der Waals surface area contributed by atoms with Crippen molar-refractivity contribution in [2.24, 2.45) is 0 Å². The molecule has 0 spiro atoms. The molecule has 0 aromatic heterocycles. The van der Waals surface area contributed by atoms with Crippen LogP contribution in [-0.2, 0) is 28.6 Å². The first-order valence-electron chi connectivity index (χ1n) is 7.42. The van der Waals surface area contributed by atoms with Gasteiger partial charge < -0.3 is 24.8 Å². The van der Waals surface area contributed by atoms with Crippen LogP contribution in [-0.4, -0.2) is 61.5 Å². The highest BCUT2D eigenvalue weighted by Gasteiger charge is 2.48. The fourth-order valence-corrected chi connectivity index (χ4v) is 1.36. The Bertz CT molecular complexity index is 530. The quantitative estimate of drug-likeness (QED) is 0.487. The fraction of sp³-hybridized carbons (Fsp3) is 0.714. The summed E-state index contributed by atoms with van der Waals surface area (Å²) in [7, 11) is 0. The lowest BCUT2D eigenvalue weighted by molar-refractivity contribution is -0.219. The molecule has 26 heavy (non-hydrogen) atoms. The molecule has 0 saturated heterocycles. The fourth-order valence-electron chi connectivity index (χ4n) is 1.36. The van der Waals surface area contributed by atoms with Gasteiger partial charge in [-0.3, -0.25) is 14.4 Å². The molecule has 0 aliphatic carbocycles. The maximum Gasteiger partial charge on any atom is 0.434 e. The van der Waals surface area contributed by atoms with Gasteiger partial charge >= 0.3 is 24.2 Å². The highest BCUT2D eigenvalue weighted by molar-refractivity contribution is 5.88. The first kappa shape index (κ1) is 23.5. The van der Waals surface area contributed by atoms with Crippen molar-refractivity contribution < 1.29 is 46.6 Å². The van der Waals surface area contributed by atoms with Gasteiger partial charge in [0.15, 0.2) is 0 Å². The lowest BCUT2D eigenvalue weighted by Gasteiger charge is -2.21. The molecule has 0 bridgehead atoms. The summed E-state index contributed by atoms with van der Waals surface area (Å²) in [5, 5.41) is 3.55. The van der Waals surface area contributed by atoms with E-state index in [1.165, 1.54) is 6.92 Å². The van der Waals surface area contributed by atoms with Crippen molar-refractivity contribution in [1.29, 1.82) is 0 Å². The van der Waals surface area contributed by atoms with Crippen molar-refractivity contribution in [3.63, 3.8) is 0 Å². The highest BCUT2D eigenvalue weighted by Crippen LogP contribution is 2.23. The Morgan fingerprint density at radius 3 is 1.96 bits per heavy atom. The monoisotopic (exact) mass is 386 g/mol. The average Bonchev–Trinajstić information content (AvgIpc) is 2.45. The van der Waals surface area contributed by atoms with Gasteiger partial charge in [0, 0.05) is 0 Å². The van der Waals surface area contributed by atoms with E-state index in [1.54, 1.807) is 26.1 Å². The average molecular weight is 386 g/mol. The molecule has 12 heteroatoms. The predicted molar refractivity (Wildman–Crippen MR) is 79.8 cm³/mol. The lowest BCUT2D eigenvalue weighted by Crippen LogP contribution is -2.49. The van der Waals surface area contributed by atoms with Crippen molar-refractivity contribution in [3.8, 4) is 0 Å². The summed E-state index contributed by atoms with van der Waals surface area (Å²) in [6.45, 7) is 4.29. The molecule has 2 amide bonds. The van der Waals surface area contributed by atoms with E-state index in [0.717, 1.165) is 0 Å². The third-order valence-corrected chi connectivity index (χ3v) is 2.27. The van der Waals surface area contributed by atoms with Crippen LogP contribution in [0.5, 0.6) is 0 Å². The van der Waals surface area contributed by atoms with Crippen LogP contribution in [0, 0.1) is 0 Å². The Morgan fingerprint density at radius 1 is 0.962 bits per heavy atom. The Balaban J connectivity index is 4.66. The molecule has 0 aromatic carbocycles. The first-order chi connectivity index (χ1) is 11.8. The van der Waals surface area contributed by atoms with Crippen LogP contribution >= 0.6 is 0 Å². The third kappa shape index (κ3) is 10.4. The van der Waals surface area contributed by atoms with E-state index in [-0.39, 0.29) is 6.61 Å². The van der Waals surface area contributed by atoms with Gasteiger partial charge in [0.1, 0.15) is 18.7 Å². The Labute approximate surface area is 147 Å². The van der Waals surface area contributed by atoms with E-state index < -0.39 is 54.9 Å². The molecular weight excluding hydrogens is 365 g/mol. The van der Waals surface area contributed by atoms with E-state index in [9.17, 15) is 32.3 Å². The van der Waals surface area contributed by atoms with E-state index in [4.69, 9.17) is 4.74 Å². The number of hydrogen-bond acceptors (Lipinski definition) is 7. The number of nitrogens with one attached hydrogen (secondary N) is 2. The van der Waals surface area contributed by atoms with Gasteiger partial charge in [-0.1, -0.05) is 0 Å². The number of alkyl halides is 3. The minimum atomic E-state index is -5.22. The minimum absolute atomic E-state index is 0.0251. The maximum atomic E-state index is 12.9. The zero-order valence-corrected chi connectivity index (χ0v) is 14.7. The molecule has 0 aromatic rings. The summed E-state index contributed by atoms with van der Waals surface area (Å²) in [6, 6.07) is 0. The SMILES string of the molecule is CCOC(=O)CNC(=O)C(OC(=O)CNC(=O)OC(C)(C)C)C(F)(F)F. The third-order valence-electron chi connectivity index (χ3n) is 2.27. The van der Waals surface area contributed by atoms with Crippen LogP contribution in [0.3, 0.4) is 0 Å². The Kier molecular flexibility index (Phi) is 8.87. The minimum Gasteiger partial charge on any atom is -0.465 e. The van der Waals surface area contributed by atoms with Gasteiger partial charge in [-0.15, -0.1) is 0 Å². The van der Waals surface area contributed by atoms with Crippen molar-refractivity contribution in [2.75, 3.05) is 19.7 Å². The number of carbonyl (C=O) groups is 4. The topological polar surface area (TPSA) is 120 Å². The summed E-state index contributed by atoms with van der Waals surface area (Å²) < 4.78 is 51.9. The van der Waals surface area contributed by atoms with Gasteiger partial charge in [-0.05, 0) is 27.7 Å². The first-order valence-corrected chi connectivity index (χ1v) is 7.42. The van der Waals surface area contributed by atoms with Crippen molar-refractivity contribution in [2.45, 2.75) is 45.6 Å². The number of amides is 2. The largest absolute Gasteiger partial charge is 0.465 e. The van der Waals surface area contributed by atoms with Crippen LogP contribution in [0.25, 0.3) is 0 Å². The van der Waals surface area contributed by atoms with Gasteiger partial charge in [0.2, 0.25) is 0 Å². The number of halogens is 3. The molecule has 0 aliphatic rings. The van der Waals surface area contributed by atoms with Crippen LogP contribution in [0.15, 0.2) is 0 Å². The van der Waals surface area contributed by atoms with Crippen LogP contribution in [0.1, 0.15) is 27.7 Å². The van der Waals surface area contributed by atoms with Gasteiger partial charge in [-0.25, -0.2) is 4.79 Å². The highest BCUT2D eigenvalue weighted by atomic mass is 19.4.